The molecule has 5 nitrogen and oxygen atoms in total. The van der Waals surface area contributed by atoms with Crippen LogP contribution in [0.25, 0.3) is 5.57 Å². The van der Waals surface area contributed by atoms with E-state index < -0.39 is 18.1 Å². The molecule has 1 aliphatic carbocycles. The SMILES string of the molecule is COc1ccc(C2=CCC(C3=C(Cc4ccccc4)C(=O)NC(O)N3)CC2)c(C(F)(F)F)c1. The van der Waals surface area contributed by atoms with Crippen LogP contribution in [0.2, 0.25) is 0 Å². The van der Waals surface area contributed by atoms with Crippen molar-refractivity contribution in [3.63, 3.8) is 0 Å². The normalized spacial score (nSPS) is 21.2. The van der Waals surface area contributed by atoms with E-state index in [0.717, 1.165) is 11.6 Å². The zero-order valence-electron chi connectivity index (χ0n) is 18.1. The molecule has 0 radical (unpaired) electrons. The first kappa shape index (κ1) is 22.9. The van der Waals surface area contributed by atoms with Gasteiger partial charge in [0.1, 0.15) is 5.75 Å². The van der Waals surface area contributed by atoms with Gasteiger partial charge in [-0.2, -0.15) is 13.2 Å². The molecule has 2 aliphatic rings. The highest BCUT2D eigenvalue weighted by atomic mass is 19.4. The fourth-order valence-electron chi connectivity index (χ4n) is 4.45. The Morgan fingerprint density at radius 1 is 1.12 bits per heavy atom. The Labute approximate surface area is 190 Å². The van der Waals surface area contributed by atoms with Crippen LogP contribution in [0.5, 0.6) is 5.75 Å². The number of ether oxygens (including phenoxy) is 1. The molecule has 1 heterocycles. The lowest BCUT2D eigenvalue weighted by molar-refractivity contribution is -0.137. The van der Waals surface area contributed by atoms with Crippen LogP contribution in [0.1, 0.15) is 36.0 Å². The lowest BCUT2D eigenvalue weighted by Crippen LogP contribution is -2.52. The highest BCUT2D eigenvalue weighted by Gasteiger charge is 2.36. The zero-order valence-corrected chi connectivity index (χ0v) is 18.1. The van der Waals surface area contributed by atoms with Crippen LogP contribution in [0.3, 0.4) is 0 Å². The number of carbonyl (C=O) groups excluding carboxylic acids is 1. The first-order valence-corrected chi connectivity index (χ1v) is 10.7. The molecule has 0 fully saturated rings. The number of aliphatic hydroxyl groups excluding tert-OH is 1. The summed E-state index contributed by atoms with van der Waals surface area (Å²) in [6, 6.07) is 13.5. The van der Waals surface area contributed by atoms with E-state index in [2.05, 4.69) is 10.6 Å². The summed E-state index contributed by atoms with van der Waals surface area (Å²) in [7, 11) is 1.34. The van der Waals surface area contributed by atoms with Crippen LogP contribution in [-0.4, -0.2) is 24.5 Å². The minimum Gasteiger partial charge on any atom is -0.497 e. The number of halogens is 3. The molecule has 1 aliphatic heterocycles. The van der Waals surface area contributed by atoms with Crippen LogP contribution in [0.4, 0.5) is 13.2 Å². The number of amides is 1. The number of benzene rings is 2. The van der Waals surface area contributed by atoms with Gasteiger partial charge >= 0.3 is 6.18 Å². The molecule has 1 amide bonds. The minimum absolute atomic E-state index is 0.110. The molecular weight excluding hydrogens is 433 g/mol. The van der Waals surface area contributed by atoms with E-state index in [0.29, 0.717) is 42.5 Å². The van der Waals surface area contributed by atoms with E-state index in [9.17, 15) is 23.1 Å². The third-order valence-electron chi connectivity index (χ3n) is 6.08. The van der Waals surface area contributed by atoms with Crippen LogP contribution >= 0.6 is 0 Å². The summed E-state index contributed by atoms with van der Waals surface area (Å²) in [5.41, 5.74) is 2.19. The second-order valence-corrected chi connectivity index (χ2v) is 8.18. The minimum atomic E-state index is -4.50. The Morgan fingerprint density at radius 2 is 1.88 bits per heavy atom. The van der Waals surface area contributed by atoms with Gasteiger partial charge in [-0.3, -0.25) is 4.79 Å². The molecule has 8 heteroatoms. The second kappa shape index (κ2) is 9.31. The smallest absolute Gasteiger partial charge is 0.417 e. The molecule has 0 bridgehead atoms. The molecule has 0 spiro atoms. The fraction of sp³-hybridized carbons (Fsp3) is 0.320. The fourth-order valence-corrected chi connectivity index (χ4v) is 4.45. The summed E-state index contributed by atoms with van der Waals surface area (Å²) in [5, 5.41) is 15.5. The number of alkyl halides is 3. The molecule has 33 heavy (non-hydrogen) atoms. The quantitative estimate of drug-likeness (QED) is 0.622. The number of hydrogen-bond donors (Lipinski definition) is 3. The average Bonchev–Trinajstić information content (AvgIpc) is 2.80. The highest BCUT2D eigenvalue weighted by molar-refractivity contribution is 5.95. The Bertz CT molecular complexity index is 1090. The van der Waals surface area contributed by atoms with Crippen molar-refractivity contribution in [1.29, 1.82) is 0 Å². The number of methoxy groups -OCH3 is 1. The lowest BCUT2D eigenvalue weighted by atomic mass is 9.81. The van der Waals surface area contributed by atoms with E-state index in [1.807, 2.05) is 30.3 Å². The highest BCUT2D eigenvalue weighted by Crippen LogP contribution is 2.41. The predicted octanol–water partition coefficient (Wildman–Crippen LogP) is 4.39. The maximum atomic E-state index is 13.7. The Morgan fingerprint density at radius 3 is 2.52 bits per heavy atom. The molecule has 0 saturated heterocycles. The van der Waals surface area contributed by atoms with Crippen LogP contribution in [-0.2, 0) is 17.4 Å². The average molecular weight is 458 g/mol. The molecule has 2 aromatic carbocycles. The molecular formula is C25H25F3N2O3. The molecule has 4 rings (SSSR count). The summed E-state index contributed by atoms with van der Waals surface area (Å²) in [6.07, 6.45) is -2.07. The van der Waals surface area contributed by atoms with Gasteiger partial charge in [0.05, 0.1) is 12.7 Å². The van der Waals surface area contributed by atoms with E-state index in [1.165, 1.54) is 19.2 Å². The molecule has 2 atom stereocenters. The van der Waals surface area contributed by atoms with Crippen molar-refractivity contribution in [2.75, 3.05) is 7.11 Å². The number of carbonyl (C=O) groups is 1. The summed E-state index contributed by atoms with van der Waals surface area (Å²) in [6.45, 7) is 0. The molecule has 0 saturated carbocycles. The van der Waals surface area contributed by atoms with Gasteiger partial charge in [-0.25, -0.2) is 0 Å². The molecule has 174 valence electrons. The maximum Gasteiger partial charge on any atom is 0.417 e. The van der Waals surface area contributed by atoms with Crippen LogP contribution in [0, 0.1) is 5.92 Å². The monoisotopic (exact) mass is 458 g/mol. The number of nitrogens with one attached hydrogen (secondary N) is 2. The Balaban J connectivity index is 1.63. The van der Waals surface area contributed by atoms with Crippen molar-refractivity contribution in [1.82, 2.24) is 10.6 Å². The first-order chi connectivity index (χ1) is 15.8. The molecule has 0 aromatic heterocycles. The number of allylic oxidation sites excluding steroid dienone is 3. The lowest BCUT2D eigenvalue weighted by Gasteiger charge is -2.33. The van der Waals surface area contributed by atoms with Crippen LogP contribution in [0.15, 0.2) is 65.9 Å². The predicted molar refractivity (Wildman–Crippen MR) is 118 cm³/mol. The number of aliphatic hydroxyl groups is 1. The van der Waals surface area contributed by atoms with Gasteiger partial charge < -0.3 is 20.5 Å². The zero-order chi connectivity index (χ0) is 23.6. The number of hydrogen-bond acceptors (Lipinski definition) is 4. The van der Waals surface area contributed by atoms with Gasteiger partial charge in [0.2, 0.25) is 6.35 Å². The Hall–Kier alpha value is -3.26. The van der Waals surface area contributed by atoms with Gasteiger partial charge in [0, 0.05) is 23.6 Å². The summed E-state index contributed by atoms with van der Waals surface area (Å²) in [5.74, 6) is -0.299. The van der Waals surface area contributed by atoms with Crippen molar-refractivity contribution < 1.29 is 27.8 Å². The number of rotatable bonds is 5. The maximum absolute atomic E-state index is 13.7. The Kier molecular flexibility index (Phi) is 6.47. The van der Waals surface area contributed by atoms with Gasteiger partial charge in [0.25, 0.3) is 5.91 Å². The summed E-state index contributed by atoms with van der Waals surface area (Å²) < 4.78 is 46.0. The topological polar surface area (TPSA) is 70.6 Å². The van der Waals surface area contributed by atoms with E-state index in [4.69, 9.17) is 4.74 Å². The van der Waals surface area contributed by atoms with E-state index in [-0.39, 0.29) is 23.1 Å². The third-order valence-corrected chi connectivity index (χ3v) is 6.08. The van der Waals surface area contributed by atoms with Crippen LogP contribution < -0.4 is 15.4 Å². The van der Waals surface area contributed by atoms with Gasteiger partial charge in [-0.1, -0.05) is 42.5 Å². The molecule has 3 N–H and O–H groups in total. The van der Waals surface area contributed by atoms with Crippen molar-refractivity contribution in [2.24, 2.45) is 5.92 Å². The standard InChI is InChI=1S/C25H25F3N2O3/c1-33-18-11-12-19(21(14-18)25(26,27)28)16-7-9-17(10-8-16)22-20(23(31)30-24(32)29-22)13-15-5-3-2-4-6-15/h2-7,11-12,14,17,24,29,32H,8-10,13H2,1H3,(H,30,31). The first-order valence-electron chi connectivity index (χ1n) is 10.7. The molecule has 2 unspecified atom stereocenters. The van der Waals surface area contributed by atoms with Gasteiger partial charge in [-0.05, 0) is 48.1 Å². The van der Waals surface area contributed by atoms with Crippen molar-refractivity contribution in [2.45, 2.75) is 38.2 Å². The van der Waals surface area contributed by atoms with Crippen molar-refractivity contribution >= 4 is 11.5 Å². The van der Waals surface area contributed by atoms with E-state index in [1.54, 1.807) is 6.08 Å². The van der Waals surface area contributed by atoms with Gasteiger partial charge in [-0.15, -0.1) is 0 Å². The van der Waals surface area contributed by atoms with Crippen molar-refractivity contribution in [3.8, 4) is 5.75 Å². The third kappa shape index (κ3) is 5.06. The van der Waals surface area contributed by atoms with Gasteiger partial charge in [0.15, 0.2) is 0 Å². The largest absolute Gasteiger partial charge is 0.497 e. The summed E-state index contributed by atoms with van der Waals surface area (Å²) >= 11 is 0. The summed E-state index contributed by atoms with van der Waals surface area (Å²) in [4.78, 5) is 12.6. The van der Waals surface area contributed by atoms with Crippen molar-refractivity contribution in [3.05, 3.63) is 82.6 Å². The second-order valence-electron chi connectivity index (χ2n) is 8.18. The van der Waals surface area contributed by atoms with E-state index >= 15 is 0 Å². The molecule has 2 aromatic rings.